The Labute approximate surface area is 312 Å². The highest BCUT2D eigenvalue weighted by Crippen LogP contribution is 2.60. The highest BCUT2D eigenvalue weighted by Gasteiger charge is 2.60. The monoisotopic (exact) mass is 779 g/mol. The van der Waals surface area contributed by atoms with Gasteiger partial charge >= 0.3 is 0 Å². The van der Waals surface area contributed by atoms with Gasteiger partial charge in [-0.05, 0) is 43.2 Å². The molecule has 9 rings (SSSR count). The molecule has 4 aromatic heterocycles. The first-order chi connectivity index (χ1) is 26.1. The summed E-state index contributed by atoms with van der Waals surface area (Å²) in [4.78, 5) is 25.5. The van der Waals surface area contributed by atoms with Crippen molar-refractivity contribution < 1.29 is 36.2 Å². The van der Waals surface area contributed by atoms with Gasteiger partial charge in [0.1, 0.15) is 29.6 Å². The Balaban J connectivity index is 1.18. The second kappa shape index (κ2) is 12.3. The molecule has 6 aromatic rings. The molecule has 0 bridgehead atoms. The number of halogens is 6. The number of aliphatic hydroxyl groups is 1. The molecule has 0 spiro atoms. The number of anilines is 2. The van der Waals surface area contributed by atoms with Gasteiger partial charge in [0.05, 0.1) is 46.6 Å². The summed E-state index contributed by atoms with van der Waals surface area (Å²) in [7, 11) is 1.71. The van der Waals surface area contributed by atoms with Crippen molar-refractivity contribution in [1.82, 2.24) is 34.8 Å². The quantitative estimate of drug-likeness (QED) is 0.115. The van der Waals surface area contributed by atoms with E-state index in [1.807, 2.05) is 11.0 Å². The van der Waals surface area contributed by atoms with E-state index in [-0.39, 0.29) is 34.7 Å². The molecule has 0 radical (unpaired) electrons. The van der Waals surface area contributed by atoms with Crippen molar-refractivity contribution in [2.75, 3.05) is 23.7 Å². The number of para-hydroxylation sites is 1. The van der Waals surface area contributed by atoms with Gasteiger partial charge in [0.15, 0.2) is 16.6 Å². The molecule has 18 heteroatoms. The largest absolute Gasteiger partial charge is 0.386 e. The van der Waals surface area contributed by atoms with Gasteiger partial charge in [-0.1, -0.05) is 35.6 Å². The number of hydrogen-bond donors (Lipinski definition) is 3. The van der Waals surface area contributed by atoms with Crippen LogP contribution < -0.4 is 16.0 Å². The van der Waals surface area contributed by atoms with E-state index in [0.29, 0.717) is 55.7 Å². The third-order valence-electron chi connectivity index (χ3n) is 10.4. The Kier molecular flexibility index (Phi) is 7.85. The fourth-order valence-electron chi connectivity index (χ4n) is 8.10. The zero-order chi connectivity index (χ0) is 38.7. The van der Waals surface area contributed by atoms with Crippen molar-refractivity contribution in [2.45, 2.75) is 49.8 Å². The number of allylic oxidation sites excluding steroid dienone is 2. The average molecular weight is 780 g/mol. The molecule has 3 aliphatic rings. The van der Waals surface area contributed by atoms with E-state index in [2.05, 4.69) is 15.5 Å². The van der Waals surface area contributed by atoms with Crippen LogP contribution in [0.3, 0.4) is 0 Å². The number of carbonyl (C=O) groups excluding carboxylic acids is 1. The molecule has 0 unspecified atom stereocenters. The van der Waals surface area contributed by atoms with E-state index in [1.54, 1.807) is 36.9 Å². The number of carbonyl (C=O) groups is 1. The Morgan fingerprint density at radius 1 is 1.05 bits per heavy atom. The maximum absolute atomic E-state index is 15.6. The van der Waals surface area contributed by atoms with Crippen LogP contribution in [0, 0.1) is 17.6 Å². The fourth-order valence-corrected chi connectivity index (χ4v) is 9.04. The average Bonchev–Trinajstić information content (AvgIpc) is 3.77. The molecule has 0 saturated carbocycles. The maximum atomic E-state index is 15.6. The summed E-state index contributed by atoms with van der Waals surface area (Å²) in [5.41, 5.74) is 5.80. The van der Waals surface area contributed by atoms with Gasteiger partial charge in [-0.25, -0.2) is 22.5 Å². The first-order valence-corrected chi connectivity index (χ1v) is 18.1. The minimum atomic E-state index is -3.55. The van der Waals surface area contributed by atoms with Gasteiger partial charge in [-0.2, -0.15) is 24.0 Å². The number of alkyl halides is 4. The number of amides is 1. The molecular weight excluding hydrogens is 749 g/mol. The van der Waals surface area contributed by atoms with E-state index < -0.39 is 71.3 Å². The number of aryl methyl sites for hydroxylation is 1. The SMILES string of the molecule is Cn1nc(N)c2cccc(-c3cc4sc(N5CC(C)(O)C5)nc4nc3[C@H](Cc3cc(F)cc(F)c3)NC(=O)Cn3nc(C(F)F)c4c3C(F)(F)[C@@H]3C=C[C@H]43)c21. The van der Waals surface area contributed by atoms with Gasteiger partial charge in [-0.3, -0.25) is 14.2 Å². The Morgan fingerprint density at radius 2 is 1.80 bits per heavy atom. The number of nitrogens with one attached hydrogen (secondary N) is 1. The van der Waals surface area contributed by atoms with E-state index in [1.165, 1.54) is 23.5 Å². The second-order valence-corrected chi connectivity index (χ2v) is 15.6. The molecule has 4 N–H and O–H groups in total. The lowest BCUT2D eigenvalue weighted by atomic mass is 9.81. The zero-order valence-corrected chi connectivity index (χ0v) is 29.9. The number of fused-ring (bicyclic) bond motifs is 5. The van der Waals surface area contributed by atoms with Crippen molar-refractivity contribution in [1.29, 1.82) is 0 Å². The molecule has 2 aromatic carbocycles. The summed E-state index contributed by atoms with van der Waals surface area (Å²) in [5, 5.41) is 22.6. The zero-order valence-electron chi connectivity index (χ0n) is 29.1. The molecule has 5 heterocycles. The van der Waals surface area contributed by atoms with Crippen molar-refractivity contribution >= 4 is 49.4 Å². The number of benzene rings is 2. The van der Waals surface area contributed by atoms with E-state index in [4.69, 9.17) is 15.7 Å². The number of nitrogens with two attached hydrogens (primary N) is 1. The third kappa shape index (κ3) is 5.71. The number of aromatic nitrogens is 6. The number of hydrogen-bond acceptors (Lipinski definition) is 9. The highest BCUT2D eigenvalue weighted by molar-refractivity contribution is 7.22. The lowest BCUT2D eigenvalue weighted by Gasteiger charge is -2.43. The normalized spacial score (nSPS) is 19.8. The minimum Gasteiger partial charge on any atom is -0.386 e. The van der Waals surface area contributed by atoms with Crippen LogP contribution in [0.4, 0.5) is 37.3 Å². The number of nitrogens with zero attached hydrogens (tertiary/aromatic N) is 7. The van der Waals surface area contributed by atoms with E-state index >= 15 is 8.78 Å². The summed E-state index contributed by atoms with van der Waals surface area (Å²) < 4.78 is 91.4. The number of thiazole rings is 1. The molecule has 55 heavy (non-hydrogen) atoms. The van der Waals surface area contributed by atoms with Crippen molar-refractivity contribution in [3.63, 3.8) is 0 Å². The smallest absolute Gasteiger partial charge is 0.296 e. The van der Waals surface area contributed by atoms with Crippen molar-refractivity contribution in [3.05, 3.63) is 94.5 Å². The topological polar surface area (TPSA) is 140 Å². The molecule has 1 amide bonds. The predicted octanol–water partition coefficient (Wildman–Crippen LogP) is 6.29. The summed E-state index contributed by atoms with van der Waals surface area (Å²) >= 11 is 1.33. The van der Waals surface area contributed by atoms with Crippen LogP contribution >= 0.6 is 11.3 Å². The van der Waals surface area contributed by atoms with Crippen LogP contribution in [-0.4, -0.2) is 59.2 Å². The molecule has 2 aliphatic carbocycles. The van der Waals surface area contributed by atoms with Gasteiger partial charge in [0.2, 0.25) is 5.91 Å². The molecule has 1 fully saturated rings. The second-order valence-electron chi connectivity index (χ2n) is 14.6. The van der Waals surface area contributed by atoms with Gasteiger partial charge in [0, 0.05) is 41.1 Å². The van der Waals surface area contributed by atoms with Crippen LogP contribution in [-0.2, 0) is 30.7 Å². The van der Waals surface area contributed by atoms with Crippen LogP contribution in [0.2, 0.25) is 0 Å². The van der Waals surface area contributed by atoms with Gasteiger partial charge < -0.3 is 21.1 Å². The third-order valence-corrected chi connectivity index (χ3v) is 11.5. The lowest BCUT2D eigenvalue weighted by Crippen LogP contribution is -2.60. The predicted molar refractivity (Wildman–Crippen MR) is 192 cm³/mol. The lowest BCUT2D eigenvalue weighted by molar-refractivity contribution is -0.123. The van der Waals surface area contributed by atoms with Crippen LogP contribution in [0.5, 0.6) is 0 Å². The molecule has 3 atom stereocenters. The Morgan fingerprint density at radius 3 is 2.47 bits per heavy atom. The van der Waals surface area contributed by atoms with Crippen LogP contribution in [0.15, 0.2) is 54.6 Å². The first-order valence-electron chi connectivity index (χ1n) is 17.3. The Hall–Kier alpha value is -5.49. The van der Waals surface area contributed by atoms with Crippen molar-refractivity contribution in [3.8, 4) is 11.1 Å². The first kappa shape index (κ1) is 35.2. The Bertz CT molecular complexity index is 2570. The number of nitrogen functional groups attached to an aromatic ring is 1. The van der Waals surface area contributed by atoms with Crippen molar-refractivity contribution in [2.24, 2.45) is 13.0 Å². The molecule has 1 saturated heterocycles. The van der Waals surface area contributed by atoms with Crippen LogP contribution in [0.1, 0.15) is 53.5 Å². The number of β-amino-alcohol motifs (C(OH)–C–C–N with tert-alkyl or cyclic N) is 1. The van der Waals surface area contributed by atoms with Crippen LogP contribution in [0.25, 0.3) is 32.4 Å². The van der Waals surface area contributed by atoms with Gasteiger partial charge in [0.25, 0.3) is 12.3 Å². The van der Waals surface area contributed by atoms with Gasteiger partial charge in [-0.15, -0.1) is 0 Å². The minimum absolute atomic E-state index is 0.134. The molecule has 284 valence electrons. The summed E-state index contributed by atoms with van der Waals surface area (Å²) in [6.07, 6.45) is -0.715. The highest BCUT2D eigenvalue weighted by atomic mass is 32.1. The molecule has 11 nitrogen and oxygen atoms in total. The van der Waals surface area contributed by atoms with E-state index in [0.717, 1.165) is 12.1 Å². The summed E-state index contributed by atoms with van der Waals surface area (Å²) in [6.45, 7) is 1.53. The fraction of sp³-hybridized carbons (Fsp3) is 0.324. The standard InChI is InChI=1S/C37H31F6N9O2S/c1-36(54)14-51(15-36)35-47-34-25(55-35)12-22(19-4-3-5-21-30(19)50(2)49-33(21)44)28(46-34)24(10-16-8-17(38)11-18(39)9-16)45-26(53)13-52-31-27(29(48-52)32(40)41)20-6-7-23(20)37(31,42)43/h3-9,11-12,20,23-24,32,54H,10,13-15H2,1-2H3,(H2,44,49)(H,45,53)/t20-,23+,24-/m0/s1. The maximum Gasteiger partial charge on any atom is 0.296 e. The number of pyridine rings is 1. The molecular formula is C37H31F6N9O2S. The van der Waals surface area contributed by atoms with E-state index in [9.17, 15) is 27.5 Å². The molecule has 1 aliphatic heterocycles. The number of rotatable bonds is 9. The summed E-state index contributed by atoms with van der Waals surface area (Å²) in [5.74, 6) is -8.20. The summed E-state index contributed by atoms with van der Waals surface area (Å²) in [6, 6.07) is 8.88.